The number of nitro groups is 1. The number of likely N-dealkylation sites (tertiary alicyclic amines) is 1. The van der Waals surface area contributed by atoms with Gasteiger partial charge in [0, 0.05) is 32.8 Å². The number of rotatable bonds is 6. The van der Waals surface area contributed by atoms with Gasteiger partial charge in [-0.05, 0) is 37.9 Å². The number of anilines is 1. The van der Waals surface area contributed by atoms with Crippen LogP contribution in [-0.2, 0) is 4.79 Å². The lowest BCUT2D eigenvalue weighted by molar-refractivity contribution is -0.384. The molecule has 1 aliphatic rings. The minimum atomic E-state index is -0.447. The van der Waals surface area contributed by atoms with Crippen molar-refractivity contribution in [1.82, 2.24) is 10.2 Å². The van der Waals surface area contributed by atoms with E-state index in [1.165, 1.54) is 12.1 Å². The Morgan fingerprint density at radius 3 is 2.67 bits per heavy atom. The summed E-state index contributed by atoms with van der Waals surface area (Å²) in [6.45, 7) is 3.10. The van der Waals surface area contributed by atoms with Crippen molar-refractivity contribution < 1.29 is 9.72 Å². The molecule has 1 aromatic rings. The molecule has 0 aliphatic carbocycles. The Balaban J connectivity index is 1.88. The van der Waals surface area contributed by atoms with Gasteiger partial charge in [0.25, 0.3) is 5.69 Å². The number of benzene rings is 1. The Labute approximate surface area is 146 Å². The van der Waals surface area contributed by atoms with Crippen molar-refractivity contribution in [3.63, 3.8) is 0 Å². The molecule has 132 valence electrons. The first-order chi connectivity index (χ1) is 11.4. The molecule has 1 N–H and O–H groups in total. The summed E-state index contributed by atoms with van der Waals surface area (Å²) in [5.41, 5.74) is 0.801. The molecule has 0 bridgehead atoms. The van der Waals surface area contributed by atoms with Crippen LogP contribution in [0.5, 0.6) is 0 Å². The average molecular weight is 355 g/mol. The first-order valence-electron chi connectivity index (χ1n) is 7.98. The molecule has 0 unspecified atom stereocenters. The quantitative estimate of drug-likeness (QED) is 0.625. The molecule has 2 rings (SSSR count). The Morgan fingerprint density at radius 2 is 2.12 bits per heavy atom. The van der Waals surface area contributed by atoms with E-state index in [1.807, 2.05) is 11.9 Å². The number of nitrogens with zero attached hydrogens (tertiary/aromatic N) is 3. The van der Waals surface area contributed by atoms with Gasteiger partial charge in [-0.1, -0.05) is 11.6 Å². The first kappa shape index (κ1) is 18.5. The Hall–Kier alpha value is -1.86. The normalized spacial score (nSPS) is 16.0. The number of halogens is 1. The molecule has 1 saturated heterocycles. The summed E-state index contributed by atoms with van der Waals surface area (Å²) in [6, 6.07) is 4.56. The van der Waals surface area contributed by atoms with Crippen LogP contribution in [-0.4, -0.2) is 56.0 Å². The van der Waals surface area contributed by atoms with Gasteiger partial charge in [-0.3, -0.25) is 19.8 Å². The van der Waals surface area contributed by atoms with Gasteiger partial charge in [-0.2, -0.15) is 0 Å². The summed E-state index contributed by atoms with van der Waals surface area (Å²) in [6.07, 6.45) is 2.04. The summed E-state index contributed by atoms with van der Waals surface area (Å²) in [5, 5.41) is 13.8. The van der Waals surface area contributed by atoms with Gasteiger partial charge in [-0.15, -0.1) is 0 Å². The molecule has 7 nitrogen and oxygen atoms in total. The number of hydrogen-bond donors (Lipinski definition) is 1. The van der Waals surface area contributed by atoms with Crippen molar-refractivity contribution >= 4 is 28.9 Å². The number of non-ortho nitro benzene ring substituents is 1. The zero-order valence-corrected chi connectivity index (χ0v) is 14.8. The van der Waals surface area contributed by atoms with E-state index >= 15 is 0 Å². The van der Waals surface area contributed by atoms with Crippen molar-refractivity contribution in [2.45, 2.75) is 12.8 Å². The van der Waals surface area contributed by atoms with Crippen LogP contribution in [0.15, 0.2) is 18.2 Å². The van der Waals surface area contributed by atoms with Gasteiger partial charge in [0.05, 0.1) is 22.2 Å². The largest absolute Gasteiger partial charge is 0.373 e. The van der Waals surface area contributed by atoms with E-state index in [-0.39, 0.29) is 11.6 Å². The van der Waals surface area contributed by atoms with Crippen LogP contribution in [0.2, 0.25) is 5.02 Å². The summed E-state index contributed by atoms with van der Waals surface area (Å²) in [5.74, 6) is 0.561. The summed E-state index contributed by atoms with van der Waals surface area (Å²) in [4.78, 5) is 26.0. The molecule has 1 heterocycles. The Kier molecular flexibility index (Phi) is 6.39. The van der Waals surface area contributed by atoms with Crippen LogP contribution in [0.3, 0.4) is 0 Å². The maximum Gasteiger partial charge on any atom is 0.271 e. The fraction of sp³-hybridized carbons (Fsp3) is 0.562. The smallest absolute Gasteiger partial charge is 0.271 e. The van der Waals surface area contributed by atoms with E-state index in [1.54, 1.807) is 13.1 Å². The molecule has 1 aromatic carbocycles. The molecule has 8 heteroatoms. The maximum absolute atomic E-state index is 11.4. The fourth-order valence-corrected chi connectivity index (χ4v) is 3.33. The van der Waals surface area contributed by atoms with Gasteiger partial charge >= 0.3 is 0 Å². The second-order valence-corrected chi connectivity index (χ2v) is 6.57. The topological polar surface area (TPSA) is 78.7 Å². The van der Waals surface area contributed by atoms with Crippen LogP contribution < -0.4 is 10.2 Å². The van der Waals surface area contributed by atoms with Gasteiger partial charge in [0.2, 0.25) is 5.91 Å². The van der Waals surface area contributed by atoms with E-state index in [0.29, 0.717) is 17.5 Å². The van der Waals surface area contributed by atoms with E-state index in [9.17, 15) is 14.9 Å². The highest BCUT2D eigenvalue weighted by Crippen LogP contribution is 2.30. The van der Waals surface area contributed by atoms with Crippen LogP contribution in [0, 0.1) is 16.0 Å². The Morgan fingerprint density at radius 1 is 1.46 bits per heavy atom. The average Bonchev–Trinajstić information content (AvgIpc) is 2.56. The molecule has 1 fully saturated rings. The fourth-order valence-electron chi connectivity index (χ4n) is 3.01. The number of nitrogens with one attached hydrogen (secondary N) is 1. The minimum absolute atomic E-state index is 0.000316. The molecule has 1 amide bonds. The number of nitro benzene ring substituents is 1. The third kappa shape index (κ3) is 4.82. The standard InChI is InChI=1S/C16H23ClN4O3/c1-18-16(22)11-20-7-5-12(6-8-20)10-19(2)15-4-3-13(21(23)24)9-14(15)17/h3-4,9,12H,5-8,10-11H2,1-2H3,(H,18,22). The minimum Gasteiger partial charge on any atom is -0.373 e. The molecule has 1 aliphatic heterocycles. The maximum atomic E-state index is 11.4. The van der Waals surface area contributed by atoms with Crippen molar-refractivity contribution in [2.75, 3.05) is 45.2 Å². The van der Waals surface area contributed by atoms with Crippen molar-refractivity contribution in [3.05, 3.63) is 33.3 Å². The number of carbonyl (C=O) groups is 1. The second-order valence-electron chi connectivity index (χ2n) is 6.17. The van der Waals surface area contributed by atoms with Crippen molar-refractivity contribution in [3.8, 4) is 0 Å². The van der Waals surface area contributed by atoms with Gasteiger partial charge in [0.15, 0.2) is 0 Å². The van der Waals surface area contributed by atoms with Crippen LogP contribution in [0.25, 0.3) is 0 Å². The SMILES string of the molecule is CNC(=O)CN1CCC(CN(C)c2ccc([N+](=O)[O-])cc2Cl)CC1. The molecule has 0 spiro atoms. The summed E-state index contributed by atoms with van der Waals surface area (Å²) < 4.78 is 0. The lowest BCUT2D eigenvalue weighted by Crippen LogP contribution is -2.42. The second kappa shape index (κ2) is 8.30. The van der Waals surface area contributed by atoms with Gasteiger partial charge in [-0.25, -0.2) is 0 Å². The summed E-state index contributed by atoms with van der Waals surface area (Å²) >= 11 is 6.18. The van der Waals surface area contributed by atoms with Crippen LogP contribution in [0.1, 0.15) is 12.8 Å². The van der Waals surface area contributed by atoms with Crippen molar-refractivity contribution in [2.24, 2.45) is 5.92 Å². The van der Waals surface area contributed by atoms with Gasteiger partial charge in [0.1, 0.15) is 0 Å². The molecule has 0 atom stereocenters. The zero-order chi connectivity index (χ0) is 17.7. The van der Waals surface area contributed by atoms with E-state index in [4.69, 9.17) is 11.6 Å². The predicted molar refractivity (Wildman–Crippen MR) is 94.6 cm³/mol. The zero-order valence-electron chi connectivity index (χ0n) is 14.0. The highest BCUT2D eigenvalue weighted by atomic mass is 35.5. The monoisotopic (exact) mass is 354 g/mol. The summed E-state index contributed by atoms with van der Waals surface area (Å²) in [7, 11) is 3.60. The number of hydrogen-bond acceptors (Lipinski definition) is 5. The number of amides is 1. The van der Waals surface area contributed by atoms with Crippen LogP contribution in [0.4, 0.5) is 11.4 Å². The number of carbonyl (C=O) groups excluding carboxylic acids is 1. The van der Waals surface area contributed by atoms with E-state index < -0.39 is 4.92 Å². The predicted octanol–water partition coefficient (Wildman–Crippen LogP) is 2.14. The lowest BCUT2D eigenvalue weighted by atomic mass is 9.96. The molecular weight excluding hydrogens is 332 g/mol. The Bertz CT molecular complexity index is 603. The molecule has 24 heavy (non-hydrogen) atoms. The molecular formula is C16H23ClN4O3. The molecule has 0 aromatic heterocycles. The third-order valence-electron chi connectivity index (χ3n) is 4.44. The highest BCUT2D eigenvalue weighted by Gasteiger charge is 2.22. The lowest BCUT2D eigenvalue weighted by Gasteiger charge is -2.34. The third-order valence-corrected chi connectivity index (χ3v) is 4.74. The molecule has 0 radical (unpaired) electrons. The first-order valence-corrected chi connectivity index (χ1v) is 8.36. The van der Waals surface area contributed by atoms with Crippen molar-refractivity contribution in [1.29, 1.82) is 0 Å². The molecule has 0 saturated carbocycles. The van der Waals surface area contributed by atoms with E-state index in [2.05, 4.69) is 10.2 Å². The number of piperidine rings is 1. The van der Waals surface area contributed by atoms with E-state index in [0.717, 1.165) is 38.2 Å². The number of likely N-dealkylation sites (N-methyl/N-ethyl adjacent to an activating group) is 1. The van der Waals surface area contributed by atoms with Crippen LogP contribution >= 0.6 is 11.6 Å². The highest BCUT2D eigenvalue weighted by molar-refractivity contribution is 6.33. The van der Waals surface area contributed by atoms with Gasteiger partial charge < -0.3 is 10.2 Å².